The Morgan fingerprint density at radius 3 is 2.75 bits per heavy atom. The van der Waals surface area contributed by atoms with Crippen molar-refractivity contribution in [2.75, 3.05) is 0 Å². The topological polar surface area (TPSA) is 81.2 Å². The molecule has 2 aromatic rings. The van der Waals surface area contributed by atoms with Crippen LogP contribution in [0.5, 0.6) is 0 Å². The number of nitro groups is 1. The molecule has 2 rings (SSSR count). The van der Waals surface area contributed by atoms with Gasteiger partial charge in [0.05, 0.1) is 4.92 Å². The zero-order valence-electron chi connectivity index (χ0n) is 11.6. The summed E-state index contributed by atoms with van der Waals surface area (Å²) in [5.41, 5.74) is 0.578. The van der Waals surface area contributed by atoms with Gasteiger partial charge in [-0.1, -0.05) is 38.7 Å². The fraction of sp³-hybridized carbons (Fsp3) is 0.500. The van der Waals surface area contributed by atoms with Crippen LogP contribution >= 0.6 is 0 Å². The molecule has 0 unspecified atom stereocenters. The van der Waals surface area contributed by atoms with E-state index in [0.29, 0.717) is 17.8 Å². The summed E-state index contributed by atoms with van der Waals surface area (Å²) in [5, 5.41) is 21.0. The van der Waals surface area contributed by atoms with Crippen LogP contribution in [0.25, 0.3) is 11.0 Å². The van der Waals surface area contributed by atoms with Crippen LogP contribution in [0.1, 0.15) is 44.9 Å². The number of hydrogen-bond acceptors (Lipinski definition) is 4. The predicted octanol–water partition coefficient (Wildman–Crippen LogP) is 3.69. The van der Waals surface area contributed by atoms with Gasteiger partial charge in [0.2, 0.25) is 0 Å². The van der Waals surface area contributed by atoms with E-state index in [9.17, 15) is 15.3 Å². The Morgan fingerprint density at radius 1 is 1.30 bits per heavy atom. The average molecular weight is 277 g/mol. The van der Waals surface area contributed by atoms with E-state index in [1.165, 1.54) is 25.3 Å². The van der Waals surface area contributed by atoms with E-state index < -0.39 is 4.92 Å². The summed E-state index contributed by atoms with van der Waals surface area (Å²) in [6.45, 7) is 2.16. The summed E-state index contributed by atoms with van der Waals surface area (Å²) in [4.78, 5) is 14.7. The number of unbranched alkanes of at least 4 members (excludes halogenated alkanes) is 4. The summed E-state index contributed by atoms with van der Waals surface area (Å²) >= 11 is 0. The van der Waals surface area contributed by atoms with Crippen molar-refractivity contribution in [1.82, 2.24) is 9.71 Å². The lowest BCUT2D eigenvalue weighted by atomic mass is 10.1. The maximum atomic E-state index is 10.9. The van der Waals surface area contributed by atoms with Crippen LogP contribution in [0.4, 0.5) is 5.69 Å². The molecule has 0 atom stereocenters. The molecule has 6 heteroatoms. The summed E-state index contributed by atoms with van der Waals surface area (Å²) in [6, 6.07) is 4.59. The van der Waals surface area contributed by atoms with Crippen molar-refractivity contribution in [3.63, 3.8) is 0 Å². The fourth-order valence-corrected chi connectivity index (χ4v) is 2.32. The van der Waals surface area contributed by atoms with Gasteiger partial charge in [0, 0.05) is 12.5 Å². The first-order valence-electron chi connectivity index (χ1n) is 6.99. The lowest BCUT2D eigenvalue weighted by Crippen LogP contribution is -1.99. The highest BCUT2D eigenvalue weighted by Gasteiger charge is 2.18. The van der Waals surface area contributed by atoms with Crippen molar-refractivity contribution in [1.29, 1.82) is 0 Å². The molecule has 1 N–H and O–H groups in total. The molecule has 108 valence electrons. The normalized spacial score (nSPS) is 11.1. The second kappa shape index (κ2) is 6.36. The molecule has 0 aliphatic carbocycles. The largest absolute Gasteiger partial charge is 0.427 e. The quantitative estimate of drug-likeness (QED) is 0.362. The van der Waals surface area contributed by atoms with Gasteiger partial charge in [-0.25, -0.2) is 4.98 Å². The van der Waals surface area contributed by atoms with Gasteiger partial charge in [0.15, 0.2) is 5.52 Å². The Kier molecular flexibility index (Phi) is 4.55. The molecule has 0 saturated carbocycles. The summed E-state index contributed by atoms with van der Waals surface area (Å²) in [7, 11) is 0. The molecule has 0 aliphatic heterocycles. The van der Waals surface area contributed by atoms with E-state index in [0.717, 1.165) is 17.6 Å². The first kappa shape index (κ1) is 14.3. The van der Waals surface area contributed by atoms with E-state index in [4.69, 9.17) is 0 Å². The first-order chi connectivity index (χ1) is 9.65. The van der Waals surface area contributed by atoms with Crippen LogP contribution in [-0.4, -0.2) is 19.8 Å². The number of aromatic nitrogens is 2. The minimum Gasteiger partial charge on any atom is -0.427 e. The number of hydrogen-bond donors (Lipinski definition) is 1. The molecule has 1 aromatic carbocycles. The van der Waals surface area contributed by atoms with Gasteiger partial charge in [-0.3, -0.25) is 10.1 Å². The van der Waals surface area contributed by atoms with Crippen LogP contribution < -0.4 is 0 Å². The molecule has 0 spiro atoms. The minimum atomic E-state index is -0.472. The summed E-state index contributed by atoms with van der Waals surface area (Å²) in [5.74, 6) is 0.491. The Morgan fingerprint density at radius 2 is 2.05 bits per heavy atom. The highest BCUT2D eigenvalue weighted by molar-refractivity contribution is 5.84. The number of aryl methyl sites for hydroxylation is 1. The van der Waals surface area contributed by atoms with Crippen LogP contribution in [0, 0.1) is 10.1 Å². The van der Waals surface area contributed by atoms with E-state index >= 15 is 0 Å². The number of rotatable bonds is 7. The number of fused-ring (bicyclic) bond motifs is 1. The maximum Gasteiger partial charge on any atom is 0.297 e. The van der Waals surface area contributed by atoms with E-state index in [-0.39, 0.29) is 11.2 Å². The zero-order valence-corrected chi connectivity index (χ0v) is 11.6. The van der Waals surface area contributed by atoms with E-state index in [1.807, 2.05) is 0 Å². The Balaban J connectivity index is 2.16. The third-order valence-electron chi connectivity index (χ3n) is 3.41. The van der Waals surface area contributed by atoms with Gasteiger partial charge < -0.3 is 5.21 Å². The molecule has 1 heterocycles. The van der Waals surface area contributed by atoms with Crippen molar-refractivity contribution in [3.8, 4) is 0 Å². The average Bonchev–Trinajstić information content (AvgIpc) is 2.75. The van der Waals surface area contributed by atoms with Gasteiger partial charge >= 0.3 is 0 Å². The second-order valence-electron chi connectivity index (χ2n) is 4.91. The second-order valence-corrected chi connectivity index (χ2v) is 4.91. The fourth-order valence-electron chi connectivity index (χ4n) is 2.32. The predicted molar refractivity (Wildman–Crippen MR) is 76.0 cm³/mol. The van der Waals surface area contributed by atoms with Crippen molar-refractivity contribution < 1.29 is 10.1 Å². The molecule has 20 heavy (non-hydrogen) atoms. The highest BCUT2D eigenvalue weighted by Crippen LogP contribution is 2.25. The Labute approximate surface area is 117 Å². The molecule has 6 nitrogen and oxygen atoms in total. The third-order valence-corrected chi connectivity index (χ3v) is 3.41. The van der Waals surface area contributed by atoms with Crippen molar-refractivity contribution >= 4 is 16.7 Å². The van der Waals surface area contributed by atoms with Crippen LogP contribution in [0.3, 0.4) is 0 Å². The number of non-ortho nitro benzene ring substituents is 1. The molecule has 0 radical (unpaired) electrons. The molecule has 1 aromatic heterocycles. The number of para-hydroxylation sites is 1. The SMILES string of the molecule is CCCCCCCc1nc2c([N+](=O)[O-])cccc2n1O. The van der Waals surface area contributed by atoms with Crippen molar-refractivity contribution in [3.05, 3.63) is 34.1 Å². The van der Waals surface area contributed by atoms with Gasteiger partial charge in [-0.05, 0) is 12.5 Å². The first-order valence-corrected chi connectivity index (χ1v) is 6.99. The third kappa shape index (κ3) is 2.89. The number of imidazole rings is 1. The Bertz CT molecular complexity index is 607. The smallest absolute Gasteiger partial charge is 0.297 e. The Hall–Kier alpha value is -2.11. The van der Waals surface area contributed by atoms with E-state index in [1.54, 1.807) is 12.1 Å². The van der Waals surface area contributed by atoms with Gasteiger partial charge in [-0.15, -0.1) is 0 Å². The molecular weight excluding hydrogens is 258 g/mol. The van der Waals surface area contributed by atoms with Crippen molar-refractivity contribution in [2.24, 2.45) is 0 Å². The monoisotopic (exact) mass is 277 g/mol. The van der Waals surface area contributed by atoms with Gasteiger partial charge in [0.1, 0.15) is 11.3 Å². The summed E-state index contributed by atoms with van der Waals surface area (Å²) < 4.78 is 0.974. The van der Waals surface area contributed by atoms with Gasteiger partial charge in [-0.2, -0.15) is 4.73 Å². The van der Waals surface area contributed by atoms with Gasteiger partial charge in [0.25, 0.3) is 5.69 Å². The van der Waals surface area contributed by atoms with Crippen LogP contribution in [0.15, 0.2) is 18.2 Å². The van der Waals surface area contributed by atoms with Crippen LogP contribution in [-0.2, 0) is 6.42 Å². The number of benzene rings is 1. The summed E-state index contributed by atoms with van der Waals surface area (Å²) in [6.07, 6.45) is 6.21. The van der Waals surface area contributed by atoms with Crippen molar-refractivity contribution in [2.45, 2.75) is 45.4 Å². The molecule has 0 aliphatic rings. The number of nitrogens with zero attached hydrogens (tertiary/aromatic N) is 3. The standard InChI is InChI=1S/C14H19N3O3/c1-2-3-4-5-6-10-13-15-14-11(16(13)18)8-7-9-12(14)17(19)20/h7-9,18H,2-6,10H2,1H3. The van der Waals surface area contributed by atoms with Crippen LogP contribution in [0.2, 0.25) is 0 Å². The molecule has 0 amide bonds. The highest BCUT2D eigenvalue weighted by atomic mass is 16.6. The minimum absolute atomic E-state index is 0.0671. The number of nitro benzene ring substituents is 1. The van der Waals surface area contributed by atoms with E-state index in [2.05, 4.69) is 11.9 Å². The lowest BCUT2D eigenvalue weighted by Gasteiger charge is -2.01. The molecule has 0 fully saturated rings. The maximum absolute atomic E-state index is 10.9. The molecule has 0 saturated heterocycles. The zero-order chi connectivity index (χ0) is 14.5. The lowest BCUT2D eigenvalue weighted by molar-refractivity contribution is -0.383. The molecular formula is C14H19N3O3. The molecule has 0 bridgehead atoms.